The van der Waals surface area contributed by atoms with E-state index in [0.29, 0.717) is 0 Å². The second-order valence-electron chi connectivity index (χ2n) is 15.3. The molecule has 0 unspecified atom stereocenters. The first-order chi connectivity index (χ1) is 24.4. The lowest BCUT2D eigenvalue weighted by Gasteiger charge is -2.25. The molecule has 11 rings (SSSR count). The van der Waals surface area contributed by atoms with Crippen LogP contribution in [0.4, 0.5) is 0 Å². The lowest BCUT2D eigenvalue weighted by atomic mass is 9.81. The van der Waals surface area contributed by atoms with Crippen LogP contribution in [0, 0.1) is 0 Å². The second kappa shape index (κ2) is 9.43. The lowest BCUT2D eigenvalue weighted by Crippen LogP contribution is -2.17. The van der Waals surface area contributed by atoms with Crippen LogP contribution in [0.3, 0.4) is 0 Å². The van der Waals surface area contributed by atoms with Crippen molar-refractivity contribution in [1.29, 1.82) is 0 Å². The minimum absolute atomic E-state index is 0.0888. The maximum absolute atomic E-state index is 2.60. The molecule has 2 aromatic heterocycles. The summed E-state index contributed by atoms with van der Waals surface area (Å²) in [5.74, 6) is 0. The number of nitrogens with zero attached hydrogens (tertiary/aromatic N) is 2. The molecule has 0 saturated carbocycles. The van der Waals surface area contributed by atoms with E-state index in [9.17, 15) is 0 Å². The molecule has 2 nitrogen and oxygen atoms in total. The van der Waals surface area contributed by atoms with Crippen molar-refractivity contribution < 1.29 is 0 Å². The Labute approximate surface area is 291 Å². The minimum Gasteiger partial charge on any atom is -0.309 e. The van der Waals surface area contributed by atoms with Gasteiger partial charge in [0, 0.05) is 49.3 Å². The van der Waals surface area contributed by atoms with Crippen molar-refractivity contribution in [1.82, 2.24) is 9.13 Å². The maximum atomic E-state index is 2.60. The van der Waals surface area contributed by atoms with Crippen molar-refractivity contribution in [3.8, 4) is 33.6 Å². The van der Waals surface area contributed by atoms with E-state index in [1.807, 2.05) is 0 Å². The fourth-order valence-corrected chi connectivity index (χ4v) is 9.89. The molecule has 0 amide bonds. The van der Waals surface area contributed by atoms with Crippen LogP contribution in [0.25, 0.3) is 77.2 Å². The predicted molar refractivity (Wildman–Crippen MR) is 210 cm³/mol. The standard InChI is InChI=1S/C48H36N2/c1-47(2)36-22-12-8-18-31(36)32-27-26-30(28-38(32)47)50-40-25-15-11-21-35(40)42-41-34-20-10-14-24-39(34)49(29-16-6-5-7-17-29)45(41)43-33-19-9-13-23-37(33)48(3,4)44(43)46(42)50/h5-28H,1-4H3. The second-order valence-corrected chi connectivity index (χ2v) is 15.3. The van der Waals surface area contributed by atoms with E-state index in [2.05, 4.69) is 182 Å². The highest BCUT2D eigenvalue weighted by molar-refractivity contribution is 6.33. The van der Waals surface area contributed by atoms with E-state index in [0.717, 1.165) is 0 Å². The molecule has 50 heavy (non-hydrogen) atoms. The summed E-state index contributed by atoms with van der Waals surface area (Å²) in [6.07, 6.45) is 0. The highest BCUT2D eigenvalue weighted by atomic mass is 15.0. The Bertz CT molecular complexity index is 2910. The highest BCUT2D eigenvalue weighted by Gasteiger charge is 2.42. The third-order valence-corrected chi connectivity index (χ3v) is 12.1. The van der Waals surface area contributed by atoms with Gasteiger partial charge >= 0.3 is 0 Å². The molecule has 0 spiro atoms. The molecule has 0 aliphatic heterocycles. The summed E-state index contributed by atoms with van der Waals surface area (Å²) >= 11 is 0. The van der Waals surface area contributed by atoms with Crippen LogP contribution in [0.2, 0.25) is 0 Å². The molecule has 238 valence electrons. The first kappa shape index (κ1) is 28.0. The van der Waals surface area contributed by atoms with Crippen LogP contribution >= 0.6 is 0 Å². The first-order valence-corrected chi connectivity index (χ1v) is 17.8. The summed E-state index contributed by atoms with van der Waals surface area (Å²) in [6.45, 7) is 9.63. The Balaban J connectivity index is 1.39. The van der Waals surface area contributed by atoms with E-state index in [1.54, 1.807) is 0 Å². The molecule has 0 atom stereocenters. The van der Waals surface area contributed by atoms with Crippen molar-refractivity contribution in [3.05, 3.63) is 168 Å². The van der Waals surface area contributed by atoms with Crippen LogP contribution in [0.15, 0.2) is 146 Å². The molecule has 2 heterocycles. The largest absolute Gasteiger partial charge is 0.309 e. The van der Waals surface area contributed by atoms with Crippen LogP contribution in [-0.4, -0.2) is 9.13 Å². The molecule has 2 aliphatic rings. The Morgan fingerprint density at radius 3 is 1.62 bits per heavy atom. The Morgan fingerprint density at radius 2 is 0.920 bits per heavy atom. The van der Waals surface area contributed by atoms with E-state index in [4.69, 9.17) is 0 Å². The fourth-order valence-electron chi connectivity index (χ4n) is 9.89. The molecule has 0 saturated heterocycles. The van der Waals surface area contributed by atoms with Gasteiger partial charge in [0.05, 0.1) is 22.1 Å². The smallest absolute Gasteiger partial charge is 0.0630 e. The number of fused-ring (bicyclic) bond motifs is 15. The summed E-state index contributed by atoms with van der Waals surface area (Å²) in [4.78, 5) is 0. The fraction of sp³-hybridized carbons (Fsp3) is 0.125. The number of hydrogen-bond acceptors (Lipinski definition) is 0. The zero-order valence-electron chi connectivity index (χ0n) is 28.8. The van der Waals surface area contributed by atoms with E-state index < -0.39 is 0 Å². The molecule has 0 fully saturated rings. The number of hydrogen-bond donors (Lipinski definition) is 0. The van der Waals surface area contributed by atoms with E-state index in [-0.39, 0.29) is 10.8 Å². The monoisotopic (exact) mass is 640 g/mol. The van der Waals surface area contributed by atoms with Crippen molar-refractivity contribution in [3.63, 3.8) is 0 Å². The quantitative estimate of drug-likeness (QED) is 0.178. The summed E-state index contributed by atoms with van der Waals surface area (Å²) < 4.78 is 5.13. The maximum Gasteiger partial charge on any atom is 0.0630 e. The lowest BCUT2D eigenvalue weighted by molar-refractivity contribution is 0.659. The molecule has 9 aromatic rings. The molecule has 2 aliphatic carbocycles. The molecule has 7 aromatic carbocycles. The van der Waals surface area contributed by atoms with Gasteiger partial charge in [0.1, 0.15) is 0 Å². The number of benzene rings is 7. The zero-order valence-corrected chi connectivity index (χ0v) is 28.8. The third kappa shape index (κ3) is 3.29. The van der Waals surface area contributed by atoms with Crippen LogP contribution in [0.5, 0.6) is 0 Å². The number of aromatic nitrogens is 2. The molecular weight excluding hydrogens is 605 g/mol. The summed E-state index contributed by atoms with van der Waals surface area (Å²) in [7, 11) is 0. The van der Waals surface area contributed by atoms with Crippen molar-refractivity contribution >= 4 is 43.6 Å². The number of para-hydroxylation sites is 3. The van der Waals surface area contributed by atoms with E-state index in [1.165, 1.54) is 99.5 Å². The number of rotatable bonds is 2. The first-order valence-electron chi connectivity index (χ1n) is 17.8. The van der Waals surface area contributed by atoms with Crippen molar-refractivity contribution in [2.24, 2.45) is 0 Å². The zero-order chi connectivity index (χ0) is 33.5. The Hall–Kier alpha value is -5.86. The van der Waals surface area contributed by atoms with Gasteiger partial charge in [0.15, 0.2) is 0 Å². The van der Waals surface area contributed by atoms with Gasteiger partial charge in [-0.2, -0.15) is 0 Å². The minimum atomic E-state index is -0.227. The van der Waals surface area contributed by atoms with Gasteiger partial charge in [-0.25, -0.2) is 0 Å². The molecular formula is C48H36N2. The molecule has 2 heteroatoms. The van der Waals surface area contributed by atoms with Gasteiger partial charge < -0.3 is 9.13 Å². The summed E-state index contributed by atoms with van der Waals surface area (Å²) in [5, 5.41) is 5.24. The van der Waals surface area contributed by atoms with E-state index >= 15 is 0 Å². The predicted octanol–water partition coefficient (Wildman–Crippen LogP) is 12.5. The van der Waals surface area contributed by atoms with Crippen molar-refractivity contribution in [2.45, 2.75) is 38.5 Å². The van der Waals surface area contributed by atoms with Crippen LogP contribution < -0.4 is 0 Å². The van der Waals surface area contributed by atoms with Gasteiger partial charge in [-0.3, -0.25) is 0 Å². The normalized spacial score (nSPS) is 15.1. The van der Waals surface area contributed by atoms with Crippen LogP contribution in [0.1, 0.15) is 49.9 Å². The molecule has 0 bridgehead atoms. The molecule has 0 N–H and O–H groups in total. The van der Waals surface area contributed by atoms with Crippen molar-refractivity contribution in [2.75, 3.05) is 0 Å². The van der Waals surface area contributed by atoms with Gasteiger partial charge in [-0.15, -0.1) is 0 Å². The van der Waals surface area contributed by atoms with Gasteiger partial charge in [0.25, 0.3) is 0 Å². The SMILES string of the molecule is CC1(C)c2ccccc2-c2ccc(-n3c4ccccc4c4c5c6ccccc6n(-c6ccccc6)c5c5c(c43)C(C)(C)c3ccccc3-5)cc21. The Morgan fingerprint density at radius 1 is 0.400 bits per heavy atom. The average Bonchev–Trinajstić information content (AvgIpc) is 3.81. The third-order valence-electron chi connectivity index (χ3n) is 12.1. The van der Waals surface area contributed by atoms with Crippen LogP contribution in [-0.2, 0) is 10.8 Å². The topological polar surface area (TPSA) is 9.86 Å². The van der Waals surface area contributed by atoms with Gasteiger partial charge in [-0.1, -0.05) is 137 Å². The average molecular weight is 641 g/mol. The molecule has 0 radical (unpaired) electrons. The Kier molecular flexibility index (Phi) is 5.28. The summed E-state index contributed by atoms with van der Waals surface area (Å²) in [5.41, 5.74) is 18.2. The van der Waals surface area contributed by atoms with Gasteiger partial charge in [-0.05, 0) is 75.3 Å². The van der Waals surface area contributed by atoms with Gasteiger partial charge in [0.2, 0.25) is 0 Å². The highest BCUT2D eigenvalue weighted by Crippen LogP contribution is 2.58. The summed E-state index contributed by atoms with van der Waals surface area (Å²) in [6, 6.07) is 54.3.